The van der Waals surface area contributed by atoms with Crippen LogP contribution in [-0.4, -0.2) is 20.1 Å². The summed E-state index contributed by atoms with van der Waals surface area (Å²) in [6, 6.07) is 1.90. The molecule has 1 N–H and O–H groups in total. The van der Waals surface area contributed by atoms with E-state index in [1.165, 1.54) is 0 Å². The van der Waals surface area contributed by atoms with E-state index in [0.29, 0.717) is 11.5 Å². The van der Waals surface area contributed by atoms with Crippen LogP contribution in [0.25, 0.3) is 11.5 Å². The number of aliphatic hydroxyl groups is 1. The summed E-state index contributed by atoms with van der Waals surface area (Å²) in [6.07, 6.45) is 4.10. The molecule has 6 heteroatoms. The van der Waals surface area contributed by atoms with Crippen LogP contribution in [0.2, 0.25) is 0 Å². The molecule has 2 aromatic heterocycles. The van der Waals surface area contributed by atoms with Crippen molar-refractivity contribution < 1.29 is 5.11 Å². The predicted octanol–water partition coefficient (Wildman–Crippen LogP) is 3.12. The van der Waals surface area contributed by atoms with Gasteiger partial charge in [0.05, 0.1) is 6.61 Å². The molecule has 0 aromatic carbocycles. The Morgan fingerprint density at radius 3 is 2.61 bits per heavy atom. The molecular formula is C12H11Br2N3O. The number of aromatic nitrogens is 3. The minimum absolute atomic E-state index is 0.0433. The zero-order chi connectivity index (χ0) is 13.1. The second kappa shape index (κ2) is 5.86. The van der Waals surface area contributed by atoms with Crippen LogP contribution in [-0.2, 0) is 13.0 Å². The minimum Gasteiger partial charge on any atom is -0.392 e. The van der Waals surface area contributed by atoms with Gasteiger partial charge in [-0.2, -0.15) is 0 Å². The highest BCUT2D eigenvalue weighted by atomic mass is 79.9. The van der Waals surface area contributed by atoms with E-state index in [-0.39, 0.29) is 6.61 Å². The van der Waals surface area contributed by atoms with Crippen molar-refractivity contribution in [3.63, 3.8) is 0 Å². The van der Waals surface area contributed by atoms with Crippen molar-refractivity contribution in [3.8, 4) is 11.5 Å². The monoisotopic (exact) mass is 371 g/mol. The molecule has 18 heavy (non-hydrogen) atoms. The summed E-state index contributed by atoms with van der Waals surface area (Å²) in [5.41, 5.74) is 2.30. The molecule has 2 heterocycles. The lowest BCUT2D eigenvalue weighted by atomic mass is 10.2. The van der Waals surface area contributed by atoms with Gasteiger partial charge in [0.1, 0.15) is 5.69 Å². The molecule has 0 saturated heterocycles. The average Bonchev–Trinajstić information content (AvgIpc) is 2.38. The third-order valence-corrected chi connectivity index (χ3v) is 3.52. The molecule has 0 bridgehead atoms. The lowest BCUT2D eigenvalue weighted by Gasteiger charge is -2.07. The summed E-state index contributed by atoms with van der Waals surface area (Å²) in [4.78, 5) is 13.0. The van der Waals surface area contributed by atoms with Crippen LogP contribution < -0.4 is 0 Å². The van der Waals surface area contributed by atoms with Gasteiger partial charge in [-0.15, -0.1) is 0 Å². The van der Waals surface area contributed by atoms with Gasteiger partial charge in [0.25, 0.3) is 0 Å². The number of rotatable bonds is 3. The van der Waals surface area contributed by atoms with Crippen LogP contribution >= 0.6 is 31.9 Å². The summed E-state index contributed by atoms with van der Waals surface area (Å²) in [5, 5.41) is 9.19. The standard InChI is InChI=1S/C12H11Br2N3O/c1-2-10-7(6-18)4-16-12(17-10)11-9(14)3-8(13)5-15-11/h3-5,18H,2,6H2,1H3. The molecule has 0 unspecified atom stereocenters. The maximum absolute atomic E-state index is 9.19. The fraction of sp³-hybridized carbons (Fsp3) is 0.250. The lowest BCUT2D eigenvalue weighted by molar-refractivity contribution is 0.279. The molecular weight excluding hydrogens is 362 g/mol. The number of pyridine rings is 1. The van der Waals surface area contributed by atoms with Crippen molar-refractivity contribution in [2.45, 2.75) is 20.0 Å². The Kier molecular flexibility index (Phi) is 4.42. The Bertz CT molecular complexity index is 575. The topological polar surface area (TPSA) is 58.9 Å². The summed E-state index contributed by atoms with van der Waals surface area (Å²) in [7, 11) is 0. The smallest absolute Gasteiger partial charge is 0.179 e. The zero-order valence-electron chi connectivity index (χ0n) is 9.69. The van der Waals surface area contributed by atoms with Gasteiger partial charge < -0.3 is 5.11 Å². The first-order valence-electron chi connectivity index (χ1n) is 5.42. The molecule has 0 aliphatic carbocycles. The highest BCUT2D eigenvalue weighted by Gasteiger charge is 2.11. The summed E-state index contributed by atoms with van der Waals surface area (Å²) >= 11 is 6.80. The summed E-state index contributed by atoms with van der Waals surface area (Å²) in [6.45, 7) is 1.95. The minimum atomic E-state index is -0.0433. The van der Waals surface area contributed by atoms with Gasteiger partial charge in [0.2, 0.25) is 0 Å². The number of aryl methyl sites for hydroxylation is 1. The Balaban J connectivity index is 2.51. The van der Waals surface area contributed by atoms with Crippen LogP contribution in [0.15, 0.2) is 27.4 Å². The summed E-state index contributed by atoms with van der Waals surface area (Å²) in [5.74, 6) is 0.559. The lowest BCUT2D eigenvalue weighted by Crippen LogP contribution is -2.02. The zero-order valence-corrected chi connectivity index (χ0v) is 12.9. The van der Waals surface area contributed by atoms with Gasteiger partial charge in [-0.05, 0) is 44.3 Å². The van der Waals surface area contributed by atoms with Gasteiger partial charge in [-0.25, -0.2) is 9.97 Å². The molecule has 94 valence electrons. The molecule has 0 saturated carbocycles. The molecule has 0 radical (unpaired) electrons. The van der Waals surface area contributed by atoms with Crippen molar-refractivity contribution in [1.82, 2.24) is 15.0 Å². The van der Waals surface area contributed by atoms with Crippen LogP contribution in [0, 0.1) is 0 Å². The first-order valence-corrected chi connectivity index (χ1v) is 7.01. The van der Waals surface area contributed by atoms with E-state index in [9.17, 15) is 5.11 Å². The van der Waals surface area contributed by atoms with E-state index in [4.69, 9.17) is 0 Å². The molecule has 0 aliphatic rings. The quantitative estimate of drug-likeness (QED) is 0.899. The first kappa shape index (κ1) is 13.6. The van der Waals surface area contributed by atoms with Gasteiger partial charge in [0, 0.05) is 32.6 Å². The van der Waals surface area contributed by atoms with Crippen molar-refractivity contribution in [1.29, 1.82) is 0 Å². The maximum Gasteiger partial charge on any atom is 0.179 e. The second-order valence-corrected chi connectivity index (χ2v) is 5.43. The Morgan fingerprint density at radius 1 is 1.22 bits per heavy atom. The number of aliphatic hydroxyl groups excluding tert-OH is 1. The molecule has 0 aliphatic heterocycles. The number of hydrogen-bond acceptors (Lipinski definition) is 4. The molecule has 2 rings (SSSR count). The van der Waals surface area contributed by atoms with E-state index in [1.807, 2.05) is 13.0 Å². The van der Waals surface area contributed by atoms with Gasteiger partial charge in [-0.3, -0.25) is 4.98 Å². The molecule has 0 fully saturated rings. The molecule has 0 atom stereocenters. The fourth-order valence-electron chi connectivity index (χ4n) is 1.57. The number of nitrogens with zero attached hydrogens (tertiary/aromatic N) is 3. The predicted molar refractivity (Wildman–Crippen MR) is 76.0 cm³/mol. The Morgan fingerprint density at radius 2 is 2.00 bits per heavy atom. The fourth-order valence-corrected chi connectivity index (χ4v) is 2.74. The van der Waals surface area contributed by atoms with Crippen LogP contribution in [0.3, 0.4) is 0 Å². The van der Waals surface area contributed by atoms with E-state index in [1.54, 1.807) is 12.4 Å². The van der Waals surface area contributed by atoms with Crippen molar-refractivity contribution in [2.24, 2.45) is 0 Å². The summed E-state index contributed by atoms with van der Waals surface area (Å²) < 4.78 is 1.72. The number of hydrogen-bond donors (Lipinski definition) is 1. The maximum atomic E-state index is 9.19. The van der Waals surface area contributed by atoms with E-state index in [0.717, 1.165) is 26.6 Å². The van der Waals surface area contributed by atoms with Crippen molar-refractivity contribution in [2.75, 3.05) is 0 Å². The normalized spacial score (nSPS) is 10.7. The van der Waals surface area contributed by atoms with E-state index in [2.05, 4.69) is 46.8 Å². The van der Waals surface area contributed by atoms with Gasteiger partial charge in [0.15, 0.2) is 5.82 Å². The SMILES string of the molecule is CCc1nc(-c2ncc(Br)cc2Br)ncc1CO. The van der Waals surface area contributed by atoms with Gasteiger partial charge in [-0.1, -0.05) is 6.92 Å². The van der Waals surface area contributed by atoms with Crippen LogP contribution in [0.1, 0.15) is 18.2 Å². The van der Waals surface area contributed by atoms with E-state index >= 15 is 0 Å². The molecule has 0 amide bonds. The molecule has 0 spiro atoms. The van der Waals surface area contributed by atoms with Crippen molar-refractivity contribution >= 4 is 31.9 Å². The molecule has 4 nitrogen and oxygen atoms in total. The second-order valence-electron chi connectivity index (χ2n) is 3.66. The van der Waals surface area contributed by atoms with Gasteiger partial charge >= 0.3 is 0 Å². The molecule has 2 aromatic rings. The third-order valence-electron chi connectivity index (χ3n) is 2.48. The van der Waals surface area contributed by atoms with E-state index < -0.39 is 0 Å². The third kappa shape index (κ3) is 2.76. The van der Waals surface area contributed by atoms with Crippen LogP contribution in [0.4, 0.5) is 0 Å². The average molecular weight is 373 g/mol. The Hall–Kier alpha value is -0.850. The number of halogens is 2. The van der Waals surface area contributed by atoms with Crippen LogP contribution in [0.5, 0.6) is 0 Å². The van der Waals surface area contributed by atoms with Crippen molar-refractivity contribution in [3.05, 3.63) is 38.7 Å². The first-order chi connectivity index (χ1) is 8.65. The highest BCUT2D eigenvalue weighted by molar-refractivity contribution is 9.11. The highest BCUT2D eigenvalue weighted by Crippen LogP contribution is 2.26. The largest absolute Gasteiger partial charge is 0.392 e. The Labute approximate surface area is 122 Å².